The lowest BCUT2D eigenvalue weighted by molar-refractivity contribution is 0.416. The third-order valence-electron chi connectivity index (χ3n) is 3.79. The number of hydrogen-bond acceptors (Lipinski definition) is 4. The predicted molar refractivity (Wildman–Crippen MR) is 88.6 cm³/mol. The Labute approximate surface area is 133 Å². The lowest BCUT2D eigenvalue weighted by Gasteiger charge is -2.09. The molecule has 0 saturated carbocycles. The van der Waals surface area contributed by atoms with Crippen LogP contribution in [0.15, 0.2) is 46.3 Å². The summed E-state index contributed by atoms with van der Waals surface area (Å²) in [4.78, 5) is 14.9. The van der Waals surface area contributed by atoms with Crippen molar-refractivity contribution in [3.63, 3.8) is 0 Å². The maximum absolute atomic E-state index is 12.0. The van der Waals surface area contributed by atoms with E-state index >= 15 is 0 Å². The van der Waals surface area contributed by atoms with Gasteiger partial charge in [0.05, 0.1) is 12.0 Å². The van der Waals surface area contributed by atoms with Crippen molar-refractivity contribution in [3.05, 3.63) is 47.0 Å². The van der Waals surface area contributed by atoms with Gasteiger partial charge < -0.3 is 14.3 Å². The van der Waals surface area contributed by atoms with Gasteiger partial charge in [0, 0.05) is 42.2 Å². The van der Waals surface area contributed by atoms with Gasteiger partial charge in [-0.25, -0.2) is 8.42 Å². The summed E-state index contributed by atoms with van der Waals surface area (Å²) in [6, 6.07) is 6.50. The minimum Gasteiger partial charge on any atom is -0.496 e. The molecule has 0 bridgehead atoms. The molecule has 0 spiro atoms. The number of benzene rings is 1. The molecule has 3 rings (SSSR count). The fourth-order valence-corrected chi connectivity index (χ4v) is 3.36. The van der Waals surface area contributed by atoms with E-state index in [0.717, 1.165) is 17.2 Å². The smallest absolute Gasteiger partial charge is 0.272 e. The molecular formula is C16H16N2O4S. The summed E-state index contributed by atoms with van der Waals surface area (Å²) in [5.74, 6) is 0.546. The molecule has 0 aliphatic carbocycles. The molecule has 120 valence electrons. The highest BCUT2D eigenvalue weighted by molar-refractivity contribution is 7.90. The molecule has 0 amide bonds. The Kier molecular flexibility index (Phi) is 3.52. The lowest BCUT2D eigenvalue weighted by Crippen LogP contribution is -2.07. The van der Waals surface area contributed by atoms with Gasteiger partial charge in [0.25, 0.3) is 5.56 Å². The number of aromatic nitrogens is 2. The number of nitrogens with zero attached hydrogens (tertiary/aromatic N) is 1. The van der Waals surface area contributed by atoms with Crippen molar-refractivity contribution in [1.82, 2.24) is 9.55 Å². The number of nitrogens with one attached hydrogen (secondary N) is 1. The third-order valence-corrected chi connectivity index (χ3v) is 4.90. The number of aromatic amines is 1. The molecule has 1 aromatic carbocycles. The Morgan fingerprint density at radius 2 is 1.91 bits per heavy atom. The van der Waals surface area contributed by atoms with Crippen LogP contribution in [0, 0.1) is 0 Å². The van der Waals surface area contributed by atoms with Crippen LogP contribution in [0.4, 0.5) is 0 Å². The SMILES string of the molecule is COc1ccc(S(C)(=O)=O)cc1-c1cn(C)c2c(=O)[nH]ccc12. The highest BCUT2D eigenvalue weighted by Crippen LogP contribution is 2.36. The van der Waals surface area contributed by atoms with Crippen LogP contribution < -0.4 is 10.3 Å². The van der Waals surface area contributed by atoms with Gasteiger partial charge >= 0.3 is 0 Å². The molecule has 2 aromatic heterocycles. The van der Waals surface area contributed by atoms with Crippen molar-refractivity contribution in [1.29, 1.82) is 0 Å². The first-order valence-corrected chi connectivity index (χ1v) is 8.77. The third kappa shape index (κ3) is 2.53. The Bertz CT molecular complexity index is 1060. The largest absolute Gasteiger partial charge is 0.496 e. The van der Waals surface area contributed by atoms with Gasteiger partial charge in [0.1, 0.15) is 11.3 Å². The first kappa shape index (κ1) is 15.4. The maximum atomic E-state index is 12.0. The van der Waals surface area contributed by atoms with Gasteiger partial charge in [-0.2, -0.15) is 0 Å². The average molecular weight is 332 g/mol. The van der Waals surface area contributed by atoms with Crippen LogP contribution >= 0.6 is 0 Å². The molecular weight excluding hydrogens is 316 g/mol. The molecule has 23 heavy (non-hydrogen) atoms. The van der Waals surface area contributed by atoms with Crippen molar-refractivity contribution in [2.24, 2.45) is 7.05 Å². The summed E-state index contributed by atoms with van der Waals surface area (Å²) in [6.45, 7) is 0. The van der Waals surface area contributed by atoms with Crippen molar-refractivity contribution < 1.29 is 13.2 Å². The molecule has 0 atom stereocenters. The van der Waals surface area contributed by atoms with Crippen LogP contribution in [-0.2, 0) is 16.9 Å². The molecule has 2 heterocycles. The first-order chi connectivity index (χ1) is 10.8. The van der Waals surface area contributed by atoms with Crippen LogP contribution in [0.3, 0.4) is 0 Å². The van der Waals surface area contributed by atoms with E-state index in [2.05, 4.69) is 4.98 Å². The van der Waals surface area contributed by atoms with E-state index in [9.17, 15) is 13.2 Å². The number of methoxy groups -OCH3 is 1. The zero-order valence-electron chi connectivity index (χ0n) is 13.0. The number of sulfone groups is 1. The lowest BCUT2D eigenvalue weighted by atomic mass is 10.0. The highest BCUT2D eigenvalue weighted by atomic mass is 32.2. The summed E-state index contributed by atoms with van der Waals surface area (Å²) in [5.41, 5.74) is 1.70. The molecule has 0 aliphatic heterocycles. The molecule has 6 nitrogen and oxygen atoms in total. The van der Waals surface area contributed by atoms with Gasteiger partial charge in [-0.1, -0.05) is 0 Å². The van der Waals surface area contributed by atoms with E-state index in [4.69, 9.17) is 4.74 Å². The van der Waals surface area contributed by atoms with Crippen molar-refractivity contribution in [3.8, 4) is 16.9 Å². The number of hydrogen-bond donors (Lipinski definition) is 1. The molecule has 0 unspecified atom stereocenters. The monoisotopic (exact) mass is 332 g/mol. The fourth-order valence-electron chi connectivity index (χ4n) is 2.71. The number of pyridine rings is 1. The standard InChI is InChI=1S/C16H16N2O4S/c1-18-9-13(11-6-7-17-16(19)15(11)18)12-8-10(23(3,20)21)4-5-14(12)22-2/h4-9H,1-3H3,(H,17,19). The second-order valence-electron chi connectivity index (χ2n) is 5.36. The Hall–Kier alpha value is -2.54. The molecule has 7 heteroatoms. The molecule has 0 radical (unpaired) electrons. The number of ether oxygens (including phenoxy) is 1. The zero-order chi connectivity index (χ0) is 16.8. The average Bonchev–Trinajstić information content (AvgIpc) is 2.84. The van der Waals surface area contributed by atoms with Gasteiger partial charge in [-0.3, -0.25) is 4.79 Å². The summed E-state index contributed by atoms with van der Waals surface area (Å²) in [5, 5.41) is 0.736. The molecule has 0 fully saturated rings. The van der Waals surface area contributed by atoms with Crippen LogP contribution in [0.1, 0.15) is 0 Å². The van der Waals surface area contributed by atoms with Gasteiger partial charge in [-0.05, 0) is 24.3 Å². The molecule has 3 aromatic rings. The van der Waals surface area contributed by atoms with Crippen LogP contribution in [0.2, 0.25) is 0 Å². The zero-order valence-corrected chi connectivity index (χ0v) is 13.8. The number of aryl methyl sites for hydroxylation is 1. The Morgan fingerprint density at radius 1 is 1.17 bits per heavy atom. The summed E-state index contributed by atoms with van der Waals surface area (Å²) in [7, 11) is -0.0467. The van der Waals surface area contributed by atoms with Gasteiger partial charge in [0.2, 0.25) is 0 Å². The van der Waals surface area contributed by atoms with Gasteiger partial charge in [-0.15, -0.1) is 0 Å². The second kappa shape index (κ2) is 5.27. The first-order valence-electron chi connectivity index (χ1n) is 6.88. The van der Waals surface area contributed by atoms with Crippen molar-refractivity contribution in [2.45, 2.75) is 4.90 Å². The topological polar surface area (TPSA) is 81.2 Å². The van der Waals surface area contributed by atoms with E-state index < -0.39 is 9.84 Å². The summed E-state index contributed by atoms with van der Waals surface area (Å²) < 4.78 is 30.8. The van der Waals surface area contributed by atoms with Gasteiger partial charge in [0.15, 0.2) is 9.84 Å². The Morgan fingerprint density at radius 3 is 2.57 bits per heavy atom. The van der Waals surface area contributed by atoms with Crippen LogP contribution in [0.25, 0.3) is 22.0 Å². The summed E-state index contributed by atoms with van der Waals surface area (Å²) in [6.07, 6.45) is 4.53. The fraction of sp³-hybridized carbons (Fsp3) is 0.188. The molecule has 1 N–H and O–H groups in total. The highest BCUT2D eigenvalue weighted by Gasteiger charge is 2.17. The number of H-pyrrole nitrogens is 1. The second-order valence-corrected chi connectivity index (χ2v) is 7.37. The van der Waals surface area contributed by atoms with E-state index in [1.807, 2.05) is 0 Å². The minimum atomic E-state index is -3.34. The van der Waals surface area contributed by atoms with Crippen LogP contribution in [-0.4, -0.2) is 31.3 Å². The van der Waals surface area contributed by atoms with Crippen molar-refractivity contribution >= 4 is 20.7 Å². The van der Waals surface area contributed by atoms with Crippen molar-refractivity contribution in [2.75, 3.05) is 13.4 Å². The molecule has 0 saturated heterocycles. The number of fused-ring (bicyclic) bond motifs is 1. The minimum absolute atomic E-state index is 0.200. The normalized spacial score (nSPS) is 11.8. The van der Waals surface area contributed by atoms with E-state index in [0.29, 0.717) is 16.8 Å². The Balaban J connectivity index is 2.39. The quantitative estimate of drug-likeness (QED) is 0.795. The van der Waals surface area contributed by atoms with E-state index in [1.54, 1.807) is 42.2 Å². The predicted octanol–water partition coefficient (Wildman–Crippen LogP) is 1.95. The number of rotatable bonds is 3. The van der Waals surface area contributed by atoms with E-state index in [1.165, 1.54) is 13.2 Å². The summed E-state index contributed by atoms with van der Waals surface area (Å²) >= 11 is 0. The maximum Gasteiger partial charge on any atom is 0.272 e. The molecule has 0 aliphatic rings. The van der Waals surface area contributed by atoms with Crippen LogP contribution in [0.5, 0.6) is 5.75 Å². The van der Waals surface area contributed by atoms with E-state index in [-0.39, 0.29) is 10.5 Å².